The SMILES string of the molecule is CCCC(=O)OC1CCCCCC1=O. The molecule has 1 aliphatic rings. The third-order valence-electron chi connectivity index (χ3n) is 2.48. The summed E-state index contributed by atoms with van der Waals surface area (Å²) in [5, 5.41) is 0. The molecule has 0 heterocycles. The maximum absolute atomic E-state index is 11.5. The fourth-order valence-electron chi connectivity index (χ4n) is 1.67. The molecule has 0 aromatic carbocycles. The number of hydrogen-bond acceptors (Lipinski definition) is 3. The van der Waals surface area contributed by atoms with Crippen molar-refractivity contribution in [3.63, 3.8) is 0 Å². The monoisotopic (exact) mass is 198 g/mol. The minimum absolute atomic E-state index is 0.104. The molecule has 14 heavy (non-hydrogen) atoms. The zero-order valence-corrected chi connectivity index (χ0v) is 8.75. The summed E-state index contributed by atoms with van der Waals surface area (Å²) in [6.07, 6.45) is 5.06. The number of ether oxygens (including phenoxy) is 1. The standard InChI is InChI=1S/C11H18O3/c1-2-6-11(13)14-10-8-5-3-4-7-9(10)12/h10H,2-8H2,1H3. The predicted molar refractivity (Wildman–Crippen MR) is 52.9 cm³/mol. The lowest BCUT2D eigenvalue weighted by molar-refractivity contribution is -0.155. The second kappa shape index (κ2) is 5.78. The van der Waals surface area contributed by atoms with E-state index in [1.807, 2.05) is 6.92 Å². The molecule has 0 amide bonds. The van der Waals surface area contributed by atoms with Crippen molar-refractivity contribution in [3.05, 3.63) is 0 Å². The first-order valence-electron chi connectivity index (χ1n) is 5.46. The predicted octanol–water partition coefficient (Wildman–Crippen LogP) is 2.23. The summed E-state index contributed by atoms with van der Waals surface area (Å²) in [7, 11) is 0. The van der Waals surface area contributed by atoms with Crippen molar-refractivity contribution in [2.24, 2.45) is 0 Å². The van der Waals surface area contributed by atoms with Gasteiger partial charge in [-0.15, -0.1) is 0 Å². The molecule has 0 radical (unpaired) electrons. The maximum atomic E-state index is 11.5. The number of carbonyl (C=O) groups is 2. The van der Waals surface area contributed by atoms with Gasteiger partial charge in [-0.1, -0.05) is 13.3 Å². The topological polar surface area (TPSA) is 43.4 Å². The highest BCUT2D eigenvalue weighted by atomic mass is 16.5. The van der Waals surface area contributed by atoms with Gasteiger partial charge in [-0.25, -0.2) is 0 Å². The Labute approximate surface area is 84.8 Å². The number of hydrogen-bond donors (Lipinski definition) is 0. The first kappa shape index (κ1) is 11.2. The molecule has 1 fully saturated rings. The van der Waals surface area contributed by atoms with Crippen molar-refractivity contribution in [2.45, 2.75) is 58.0 Å². The minimum Gasteiger partial charge on any atom is -0.454 e. The summed E-state index contributed by atoms with van der Waals surface area (Å²) in [5.74, 6) is -0.125. The van der Waals surface area contributed by atoms with Crippen LogP contribution in [0.15, 0.2) is 0 Å². The van der Waals surface area contributed by atoms with Crippen molar-refractivity contribution in [1.82, 2.24) is 0 Å². The molecule has 1 atom stereocenters. The zero-order chi connectivity index (χ0) is 10.4. The third kappa shape index (κ3) is 3.48. The van der Waals surface area contributed by atoms with Gasteiger partial charge in [-0.2, -0.15) is 0 Å². The Balaban J connectivity index is 2.40. The molecule has 1 aliphatic carbocycles. The lowest BCUT2D eigenvalue weighted by Crippen LogP contribution is -2.25. The summed E-state index contributed by atoms with van der Waals surface area (Å²) in [6.45, 7) is 1.93. The molecule has 3 nitrogen and oxygen atoms in total. The van der Waals surface area contributed by atoms with E-state index in [1.54, 1.807) is 0 Å². The van der Waals surface area contributed by atoms with Gasteiger partial charge in [-0.3, -0.25) is 9.59 Å². The largest absolute Gasteiger partial charge is 0.454 e. The fraction of sp³-hybridized carbons (Fsp3) is 0.818. The Morgan fingerprint density at radius 2 is 2.21 bits per heavy atom. The molecule has 80 valence electrons. The van der Waals surface area contributed by atoms with Crippen LogP contribution < -0.4 is 0 Å². The van der Waals surface area contributed by atoms with E-state index in [9.17, 15) is 9.59 Å². The van der Waals surface area contributed by atoms with Gasteiger partial charge in [0, 0.05) is 12.8 Å². The Morgan fingerprint density at radius 1 is 1.43 bits per heavy atom. The van der Waals surface area contributed by atoms with Crippen LogP contribution in [-0.4, -0.2) is 17.9 Å². The van der Waals surface area contributed by atoms with Gasteiger partial charge in [0.2, 0.25) is 0 Å². The Kier molecular flexibility index (Phi) is 4.63. The van der Waals surface area contributed by atoms with Crippen molar-refractivity contribution in [3.8, 4) is 0 Å². The minimum atomic E-state index is -0.448. The molecule has 0 bridgehead atoms. The van der Waals surface area contributed by atoms with Gasteiger partial charge >= 0.3 is 5.97 Å². The van der Waals surface area contributed by atoms with Crippen LogP contribution in [-0.2, 0) is 14.3 Å². The third-order valence-corrected chi connectivity index (χ3v) is 2.48. The van der Waals surface area contributed by atoms with Crippen LogP contribution in [0.3, 0.4) is 0 Å². The van der Waals surface area contributed by atoms with Crippen LogP contribution in [0.4, 0.5) is 0 Å². The van der Waals surface area contributed by atoms with Crippen molar-refractivity contribution < 1.29 is 14.3 Å². The first-order chi connectivity index (χ1) is 6.74. The normalized spacial score (nSPS) is 22.9. The van der Waals surface area contributed by atoms with Gasteiger partial charge in [0.1, 0.15) is 0 Å². The smallest absolute Gasteiger partial charge is 0.306 e. The molecule has 1 rings (SSSR count). The number of ketones is 1. The Hall–Kier alpha value is -0.860. The van der Waals surface area contributed by atoms with Crippen molar-refractivity contribution in [1.29, 1.82) is 0 Å². The van der Waals surface area contributed by atoms with E-state index >= 15 is 0 Å². The molecule has 0 N–H and O–H groups in total. The van der Waals surface area contributed by atoms with E-state index in [0.29, 0.717) is 19.3 Å². The van der Waals surface area contributed by atoms with Crippen LogP contribution in [0.1, 0.15) is 51.9 Å². The van der Waals surface area contributed by atoms with Crippen LogP contribution in [0.5, 0.6) is 0 Å². The number of carbonyl (C=O) groups excluding carboxylic acids is 2. The first-order valence-corrected chi connectivity index (χ1v) is 5.46. The summed E-state index contributed by atoms with van der Waals surface area (Å²) in [5.41, 5.74) is 0. The van der Waals surface area contributed by atoms with E-state index in [0.717, 1.165) is 25.7 Å². The Bertz CT molecular complexity index is 211. The van der Waals surface area contributed by atoms with Gasteiger partial charge in [0.15, 0.2) is 11.9 Å². The quantitative estimate of drug-likeness (QED) is 0.516. The van der Waals surface area contributed by atoms with E-state index in [4.69, 9.17) is 4.74 Å². The van der Waals surface area contributed by atoms with Gasteiger partial charge in [0.25, 0.3) is 0 Å². The lowest BCUT2D eigenvalue weighted by atomic mass is 10.1. The summed E-state index contributed by atoms with van der Waals surface area (Å²) in [6, 6.07) is 0. The molecular weight excluding hydrogens is 180 g/mol. The molecule has 0 aromatic heterocycles. The maximum Gasteiger partial charge on any atom is 0.306 e. The number of rotatable bonds is 3. The molecule has 0 saturated heterocycles. The number of esters is 1. The summed E-state index contributed by atoms with van der Waals surface area (Å²) < 4.78 is 5.14. The molecule has 0 aliphatic heterocycles. The highest BCUT2D eigenvalue weighted by Gasteiger charge is 2.23. The van der Waals surface area contributed by atoms with Crippen LogP contribution >= 0.6 is 0 Å². The highest BCUT2D eigenvalue weighted by molar-refractivity contribution is 5.85. The molecule has 0 spiro atoms. The average Bonchev–Trinajstić information content (AvgIpc) is 2.33. The van der Waals surface area contributed by atoms with Crippen LogP contribution in [0.25, 0.3) is 0 Å². The van der Waals surface area contributed by atoms with E-state index in [2.05, 4.69) is 0 Å². The van der Waals surface area contributed by atoms with E-state index < -0.39 is 6.10 Å². The molecule has 1 unspecified atom stereocenters. The van der Waals surface area contributed by atoms with Crippen molar-refractivity contribution in [2.75, 3.05) is 0 Å². The number of Topliss-reactive ketones (excluding diaryl/α,β-unsaturated/α-hetero) is 1. The molecule has 1 saturated carbocycles. The average molecular weight is 198 g/mol. The van der Waals surface area contributed by atoms with Crippen LogP contribution in [0.2, 0.25) is 0 Å². The van der Waals surface area contributed by atoms with E-state index in [1.165, 1.54) is 0 Å². The second-order valence-corrected chi connectivity index (χ2v) is 3.79. The lowest BCUT2D eigenvalue weighted by Gasteiger charge is -2.13. The van der Waals surface area contributed by atoms with E-state index in [-0.39, 0.29) is 11.8 Å². The van der Waals surface area contributed by atoms with Crippen molar-refractivity contribution >= 4 is 11.8 Å². The van der Waals surface area contributed by atoms with Gasteiger partial charge in [0.05, 0.1) is 0 Å². The molecule has 0 aromatic rings. The Morgan fingerprint density at radius 3 is 2.93 bits per heavy atom. The van der Waals surface area contributed by atoms with Gasteiger partial charge < -0.3 is 4.74 Å². The second-order valence-electron chi connectivity index (χ2n) is 3.79. The summed E-state index contributed by atoms with van der Waals surface area (Å²) in [4.78, 5) is 22.7. The summed E-state index contributed by atoms with van der Waals surface area (Å²) >= 11 is 0. The highest BCUT2D eigenvalue weighted by Crippen LogP contribution is 2.17. The molecular formula is C11H18O3. The van der Waals surface area contributed by atoms with Gasteiger partial charge in [-0.05, 0) is 25.7 Å². The fourth-order valence-corrected chi connectivity index (χ4v) is 1.67. The molecule has 3 heteroatoms. The zero-order valence-electron chi connectivity index (χ0n) is 8.75. The van der Waals surface area contributed by atoms with Crippen LogP contribution in [0, 0.1) is 0 Å².